The zero-order valence-electron chi connectivity index (χ0n) is 17.7. The van der Waals surface area contributed by atoms with Gasteiger partial charge in [-0.25, -0.2) is 0 Å². The number of ether oxygens (including phenoxy) is 3. The highest BCUT2D eigenvalue weighted by molar-refractivity contribution is 9.10. The Balaban J connectivity index is 1.27. The van der Waals surface area contributed by atoms with Crippen molar-refractivity contribution in [2.45, 2.75) is 27.3 Å². The second-order valence-corrected chi connectivity index (χ2v) is 8.68. The molecule has 7 heteroatoms. The lowest BCUT2D eigenvalue weighted by Gasteiger charge is -2.34. The minimum absolute atomic E-state index is 0.0374. The average Bonchev–Trinajstić information content (AvgIpc) is 3.22. The third-order valence-electron chi connectivity index (χ3n) is 5.87. The Hall–Kier alpha value is -2.25. The highest BCUT2D eigenvalue weighted by atomic mass is 79.9. The third kappa shape index (κ3) is 4.42. The van der Waals surface area contributed by atoms with Crippen molar-refractivity contribution in [3.05, 3.63) is 51.0 Å². The van der Waals surface area contributed by atoms with E-state index < -0.39 is 0 Å². The van der Waals surface area contributed by atoms with E-state index in [9.17, 15) is 4.79 Å². The maximum absolute atomic E-state index is 12.7. The van der Waals surface area contributed by atoms with Crippen LogP contribution in [0.15, 0.2) is 28.7 Å². The molecule has 1 amide bonds. The van der Waals surface area contributed by atoms with Crippen LogP contribution in [-0.2, 0) is 11.3 Å². The van der Waals surface area contributed by atoms with Gasteiger partial charge in [-0.3, -0.25) is 9.69 Å². The molecule has 4 rings (SSSR count). The summed E-state index contributed by atoms with van der Waals surface area (Å²) in [5.74, 6) is 2.44. The average molecular weight is 475 g/mol. The molecule has 0 aliphatic carbocycles. The van der Waals surface area contributed by atoms with Crippen molar-refractivity contribution in [2.24, 2.45) is 0 Å². The smallest absolute Gasteiger partial charge is 0.260 e. The number of piperazine rings is 1. The fourth-order valence-electron chi connectivity index (χ4n) is 3.85. The Morgan fingerprint density at radius 3 is 2.53 bits per heavy atom. The van der Waals surface area contributed by atoms with Crippen LogP contribution in [0.5, 0.6) is 17.2 Å². The maximum atomic E-state index is 12.7. The normalized spacial score (nSPS) is 16.1. The Bertz CT molecular complexity index is 955. The Morgan fingerprint density at radius 2 is 1.77 bits per heavy atom. The number of halogens is 1. The lowest BCUT2D eigenvalue weighted by molar-refractivity contribution is -0.135. The summed E-state index contributed by atoms with van der Waals surface area (Å²) in [6, 6.07) is 8.06. The largest absolute Gasteiger partial charge is 0.483 e. The number of benzene rings is 2. The van der Waals surface area contributed by atoms with E-state index in [1.165, 1.54) is 5.56 Å². The lowest BCUT2D eigenvalue weighted by atomic mass is 10.1. The van der Waals surface area contributed by atoms with E-state index in [1.807, 2.05) is 36.9 Å². The molecular formula is C23H27BrN2O4. The first-order valence-electron chi connectivity index (χ1n) is 10.2. The molecule has 160 valence electrons. The molecule has 1 saturated heterocycles. The van der Waals surface area contributed by atoms with Gasteiger partial charge in [0.25, 0.3) is 5.91 Å². The van der Waals surface area contributed by atoms with E-state index in [1.54, 1.807) is 0 Å². The summed E-state index contributed by atoms with van der Waals surface area (Å²) >= 11 is 3.60. The van der Waals surface area contributed by atoms with Crippen LogP contribution in [0.1, 0.15) is 22.3 Å². The van der Waals surface area contributed by atoms with Crippen LogP contribution < -0.4 is 14.2 Å². The molecule has 0 N–H and O–H groups in total. The summed E-state index contributed by atoms with van der Waals surface area (Å²) in [5.41, 5.74) is 4.51. The number of hydrogen-bond donors (Lipinski definition) is 0. The third-order valence-corrected chi connectivity index (χ3v) is 7.09. The predicted octanol–water partition coefficient (Wildman–Crippen LogP) is 3.83. The van der Waals surface area contributed by atoms with Crippen molar-refractivity contribution >= 4 is 21.8 Å². The molecule has 0 aromatic heterocycles. The number of nitrogens with zero attached hydrogens (tertiary/aromatic N) is 2. The Labute approximate surface area is 185 Å². The van der Waals surface area contributed by atoms with Gasteiger partial charge in [-0.1, -0.05) is 22.0 Å². The van der Waals surface area contributed by atoms with Crippen molar-refractivity contribution in [1.82, 2.24) is 9.80 Å². The summed E-state index contributed by atoms with van der Waals surface area (Å²) in [6.45, 7) is 10.4. The van der Waals surface area contributed by atoms with Gasteiger partial charge in [0.1, 0.15) is 5.75 Å². The summed E-state index contributed by atoms with van der Waals surface area (Å²) in [4.78, 5) is 16.9. The second kappa shape index (κ2) is 8.86. The van der Waals surface area contributed by atoms with Gasteiger partial charge in [0, 0.05) is 37.2 Å². The van der Waals surface area contributed by atoms with E-state index in [0.717, 1.165) is 58.0 Å². The maximum Gasteiger partial charge on any atom is 0.260 e. The molecule has 0 atom stereocenters. The molecule has 30 heavy (non-hydrogen) atoms. The molecule has 2 heterocycles. The van der Waals surface area contributed by atoms with E-state index in [4.69, 9.17) is 14.2 Å². The summed E-state index contributed by atoms with van der Waals surface area (Å²) < 4.78 is 17.8. The van der Waals surface area contributed by atoms with E-state index in [-0.39, 0.29) is 12.5 Å². The SMILES string of the molecule is Cc1cc(OCC(=O)N2CCN(Cc3ccc4c(c3)OCO4)CC2)c(C)c(C)c1Br. The molecule has 2 aliphatic rings. The number of carbonyl (C=O) groups excluding carboxylic acids is 1. The van der Waals surface area contributed by atoms with Gasteiger partial charge in [-0.2, -0.15) is 0 Å². The minimum Gasteiger partial charge on any atom is -0.483 e. The molecule has 0 bridgehead atoms. The number of amides is 1. The summed E-state index contributed by atoms with van der Waals surface area (Å²) in [6.07, 6.45) is 0. The van der Waals surface area contributed by atoms with Crippen molar-refractivity contribution in [3.8, 4) is 17.2 Å². The van der Waals surface area contributed by atoms with Crippen LogP contribution in [0.3, 0.4) is 0 Å². The number of rotatable bonds is 5. The van der Waals surface area contributed by atoms with Gasteiger partial charge in [-0.05, 0) is 61.2 Å². The van der Waals surface area contributed by atoms with Crippen molar-refractivity contribution < 1.29 is 19.0 Å². The fraction of sp³-hybridized carbons (Fsp3) is 0.435. The fourth-order valence-corrected chi connectivity index (χ4v) is 4.26. The van der Waals surface area contributed by atoms with E-state index in [2.05, 4.69) is 33.8 Å². The van der Waals surface area contributed by atoms with Gasteiger partial charge in [0.05, 0.1) is 0 Å². The molecular weight excluding hydrogens is 448 g/mol. The highest BCUT2D eigenvalue weighted by Crippen LogP contribution is 2.33. The van der Waals surface area contributed by atoms with Crippen LogP contribution in [0, 0.1) is 20.8 Å². The molecule has 0 radical (unpaired) electrons. The zero-order valence-corrected chi connectivity index (χ0v) is 19.3. The molecule has 1 fully saturated rings. The zero-order chi connectivity index (χ0) is 21.3. The minimum atomic E-state index is 0.0374. The second-order valence-electron chi connectivity index (χ2n) is 7.89. The monoisotopic (exact) mass is 474 g/mol. The Kier molecular flexibility index (Phi) is 6.20. The quantitative estimate of drug-likeness (QED) is 0.658. The van der Waals surface area contributed by atoms with Gasteiger partial charge in [0.15, 0.2) is 18.1 Å². The Morgan fingerprint density at radius 1 is 1.03 bits per heavy atom. The van der Waals surface area contributed by atoms with Crippen molar-refractivity contribution in [1.29, 1.82) is 0 Å². The van der Waals surface area contributed by atoms with Crippen LogP contribution in [0.4, 0.5) is 0 Å². The van der Waals surface area contributed by atoms with Crippen LogP contribution in [0.25, 0.3) is 0 Å². The van der Waals surface area contributed by atoms with E-state index in [0.29, 0.717) is 19.9 Å². The highest BCUT2D eigenvalue weighted by Gasteiger charge is 2.23. The molecule has 2 aromatic carbocycles. The van der Waals surface area contributed by atoms with E-state index >= 15 is 0 Å². The first-order chi connectivity index (χ1) is 14.4. The number of hydrogen-bond acceptors (Lipinski definition) is 5. The topological polar surface area (TPSA) is 51.2 Å². The van der Waals surface area contributed by atoms with Gasteiger partial charge < -0.3 is 19.1 Å². The number of aryl methyl sites for hydroxylation is 1. The lowest BCUT2D eigenvalue weighted by Crippen LogP contribution is -2.49. The predicted molar refractivity (Wildman–Crippen MR) is 118 cm³/mol. The van der Waals surface area contributed by atoms with Crippen LogP contribution in [-0.4, -0.2) is 55.3 Å². The summed E-state index contributed by atoms with van der Waals surface area (Å²) in [5, 5.41) is 0. The van der Waals surface area contributed by atoms with Crippen molar-refractivity contribution in [3.63, 3.8) is 0 Å². The van der Waals surface area contributed by atoms with Crippen molar-refractivity contribution in [2.75, 3.05) is 39.6 Å². The summed E-state index contributed by atoms with van der Waals surface area (Å²) in [7, 11) is 0. The van der Waals surface area contributed by atoms with Crippen LogP contribution in [0.2, 0.25) is 0 Å². The first kappa shape index (κ1) is 21.0. The molecule has 6 nitrogen and oxygen atoms in total. The molecule has 0 unspecified atom stereocenters. The standard InChI is InChI=1S/C23H27BrN2O4/c1-15-10-20(16(2)17(3)23(15)24)28-13-22(27)26-8-6-25(7-9-26)12-18-4-5-19-21(11-18)30-14-29-19/h4-5,10-11H,6-9,12-14H2,1-3H3. The van der Waals surface area contributed by atoms with Gasteiger partial charge in [-0.15, -0.1) is 0 Å². The molecule has 0 saturated carbocycles. The first-order valence-corrected chi connectivity index (χ1v) is 11.0. The van der Waals surface area contributed by atoms with Gasteiger partial charge in [0.2, 0.25) is 6.79 Å². The number of carbonyl (C=O) groups is 1. The number of fused-ring (bicyclic) bond motifs is 1. The van der Waals surface area contributed by atoms with Crippen LogP contribution >= 0.6 is 15.9 Å². The molecule has 2 aliphatic heterocycles. The van der Waals surface area contributed by atoms with Gasteiger partial charge >= 0.3 is 0 Å². The molecule has 2 aromatic rings. The molecule has 0 spiro atoms.